The monoisotopic (exact) mass is 398 g/mol. The Morgan fingerprint density at radius 2 is 1.79 bits per heavy atom. The Morgan fingerprint density at radius 1 is 1.07 bits per heavy atom. The van der Waals surface area contributed by atoms with Gasteiger partial charge >= 0.3 is 0 Å². The Kier molecular flexibility index (Phi) is 5.96. The van der Waals surface area contributed by atoms with Crippen LogP contribution in [-0.2, 0) is 16.0 Å². The van der Waals surface area contributed by atoms with E-state index in [1.165, 1.54) is 4.90 Å². The number of fused-ring (bicyclic) bond motifs is 1. The van der Waals surface area contributed by atoms with Gasteiger partial charge in [-0.1, -0.05) is 12.1 Å². The predicted octanol–water partition coefficient (Wildman–Crippen LogP) is 2.88. The number of rotatable bonds is 7. The second-order valence-electron chi connectivity index (χ2n) is 7.72. The third-order valence-corrected chi connectivity index (χ3v) is 4.41. The van der Waals surface area contributed by atoms with Gasteiger partial charge in [-0.2, -0.15) is 0 Å². The van der Waals surface area contributed by atoms with E-state index in [1.807, 2.05) is 26.0 Å². The molecule has 0 bridgehead atoms. The molecular formula is C22H26N2O5. The summed E-state index contributed by atoms with van der Waals surface area (Å²) in [5.41, 5.74) is 1.42. The van der Waals surface area contributed by atoms with Gasteiger partial charge in [-0.3, -0.25) is 9.59 Å². The largest absolute Gasteiger partial charge is 0.484 e. The first-order valence-corrected chi connectivity index (χ1v) is 9.40. The highest BCUT2D eigenvalue weighted by atomic mass is 16.5. The summed E-state index contributed by atoms with van der Waals surface area (Å²) in [7, 11) is 3.34. The van der Waals surface area contributed by atoms with Gasteiger partial charge in [0.25, 0.3) is 11.8 Å². The Labute approximate surface area is 170 Å². The van der Waals surface area contributed by atoms with Gasteiger partial charge in [0.15, 0.2) is 24.7 Å². The maximum atomic E-state index is 12.2. The van der Waals surface area contributed by atoms with Gasteiger partial charge in [0.2, 0.25) is 0 Å². The molecule has 1 aliphatic rings. The highest BCUT2D eigenvalue weighted by Gasteiger charge is 2.32. The molecule has 0 aromatic heterocycles. The molecule has 154 valence electrons. The minimum Gasteiger partial charge on any atom is -0.484 e. The number of likely N-dealkylation sites (N-methyl/N-ethyl adjacent to an activating group) is 1. The van der Waals surface area contributed by atoms with Crippen molar-refractivity contribution in [1.82, 2.24) is 4.90 Å². The fourth-order valence-corrected chi connectivity index (χ4v) is 2.95. The van der Waals surface area contributed by atoms with Crippen LogP contribution in [0.4, 0.5) is 5.69 Å². The average molecular weight is 398 g/mol. The first-order chi connectivity index (χ1) is 13.7. The summed E-state index contributed by atoms with van der Waals surface area (Å²) in [5.74, 6) is 1.42. The van der Waals surface area contributed by atoms with E-state index in [9.17, 15) is 9.59 Å². The summed E-state index contributed by atoms with van der Waals surface area (Å²) in [4.78, 5) is 25.2. The number of nitrogens with zero attached hydrogens (tertiary/aromatic N) is 1. The van der Waals surface area contributed by atoms with Crippen molar-refractivity contribution in [1.29, 1.82) is 0 Å². The summed E-state index contributed by atoms with van der Waals surface area (Å²) < 4.78 is 17.0. The molecule has 0 radical (unpaired) electrons. The molecule has 0 atom stereocenters. The molecule has 0 saturated heterocycles. The number of para-hydroxylation sites is 1. The number of hydrogen-bond acceptors (Lipinski definition) is 5. The SMILES string of the molecule is CN(C)C(=O)COc1ccc(NC(=O)COc2cccc3c2OC(C)(C)C3)cc1. The quantitative estimate of drug-likeness (QED) is 0.776. The number of anilines is 1. The highest BCUT2D eigenvalue weighted by Crippen LogP contribution is 2.41. The minimum atomic E-state index is -0.281. The molecule has 1 N–H and O–H groups in total. The number of carbonyl (C=O) groups excluding carboxylic acids is 2. The van der Waals surface area contributed by atoms with Crippen LogP contribution in [0.5, 0.6) is 17.2 Å². The van der Waals surface area contributed by atoms with Crippen LogP contribution in [0.25, 0.3) is 0 Å². The number of benzene rings is 2. The molecule has 2 amide bonds. The van der Waals surface area contributed by atoms with Crippen LogP contribution in [0, 0.1) is 0 Å². The van der Waals surface area contributed by atoms with Gasteiger partial charge in [0.1, 0.15) is 11.4 Å². The molecule has 2 aromatic carbocycles. The predicted molar refractivity (Wildman–Crippen MR) is 110 cm³/mol. The molecule has 3 rings (SSSR count). The summed E-state index contributed by atoms with van der Waals surface area (Å²) >= 11 is 0. The molecule has 0 fully saturated rings. The lowest BCUT2D eigenvalue weighted by molar-refractivity contribution is -0.130. The Balaban J connectivity index is 1.51. The van der Waals surface area contributed by atoms with Crippen molar-refractivity contribution in [3.63, 3.8) is 0 Å². The Bertz CT molecular complexity index is 891. The van der Waals surface area contributed by atoms with Gasteiger partial charge in [-0.05, 0) is 44.2 Å². The van der Waals surface area contributed by atoms with E-state index in [2.05, 4.69) is 5.32 Å². The minimum absolute atomic E-state index is 0.0349. The van der Waals surface area contributed by atoms with Crippen molar-refractivity contribution < 1.29 is 23.8 Å². The fourth-order valence-electron chi connectivity index (χ4n) is 2.95. The van der Waals surface area contributed by atoms with Crippen molar-refractivity contribution in [2.45, 2.75) is 25.9 Å². The summed E-state index contributed by atoms with van der Waals surface area (Å²) in [5, 5.41) is 2.77. The standard InChI is InChI=1S/C22H26N2O5/c1-22(2)12-15-6-5-7-18(21(15)29-22)28-13-19(25)23-16-8-10-17(11-9-16)27-14-20(26)24(3)4/h5-11H,12-14H2,1-4H3,(H,23,25). The number of amides is 2. The lowest BCUT2D eigenvalue weighted by Gasteiger charge is -2.18. The van der Waals surface area contributed by atoms with Crippen molar-refractivity contribution in [2.24, 2.45) is 0 Å². The topological polar surface area (TPSA) is 77.1 Å². The number of carbonyl (C=O) groups is 2. The zero-order valence-corrected chi connectivity index (χ0v) is 17.2. The molecule has 1 heterocycles. The van der Waals surface area contributed by atoms with Gasteiger partial charge < -0.3 is 24.4 Å². The van der Waals surface area contributed by atoms with E-state index >= 15 is 0 Å². The Morgan fingerprint density at radius 3 is 2.48 bits per heavy atom. The van der Waals surface area contributed by atoms with E-state index in [-0.39, 0.29) is 30.6 Å². The second-order valence-corrected chi connectivity index (χ2v) is 7.72. The van der Waals surface area contributed by atoms with Crippen molar-refractivity contribution in [3.05, 3.63) is 48.0 Å². The van der Waals surface area contributed by atoms with Crippen molar-refractivity contribution in [2.75, 3.05) is 32.6 Å². The smallest absolute Gasteiger partial charge is 0.262 e. The molecule has 1 aliphatic heterocycles. The summed E-state index contributed by atoms with van der Waals surface area (Å²) in [6.07, 6.45) is 0.806. The first-order valence-electron chi connectivity index (χ1n) is 9.40. The van der Waals surface area contributed by atoms with E-state index in [1.54, 1.807) is 44.4 Å². The molecule has 7 nitrogen and oxygen atoms in total. The molecule has 0 saturated carbocycles. The molecule has 0 unspecified atom stereocenters. The molecule has 2 aromatic rings. The maximum absolute atomic E-state index is 12.2. The van der Waals surface area contributed by atoms with E-state index in [4.69, 9.17) is 14.2 Å². The van der Waals surface area contributed by atoms with Gasteiger partial charge in [0.05, 0.1) is 0 Å². The Hall–Kier alpha value is -3.22. The zero-order valence-electron chi connectivity index (χ0n) is 17.2. The van der Waals surface area contributed by atoms with Crippen molar-refractivity contribution in [3.8, 4) is 17.2 Å². The fraction of sp³-hybridized carbons (Fsp3) is 0.364. The number of hydrogen-bond donors (Lipinski definition) is 1. The average Bonchev–Trinajstić information content (AvgIpc) is 2.99. The highest BCUT2D eigenvalue weighted by molar-refractivity contribution is 5.92. The van der Waals surface area contributed by atoms with Crippen LogP contribution in [0.3, 0.4) is 0 Å². The number of nitrogens with one attached hydrogen (secondary N) is 1. The van der Waals surface area contributed by atoms with Gasteiger partial charge in [-0.15, -0.1) is 0 Å². The van der Waals surface area contributed by atoms with E-state index < -0.39 is 0 Å². The molecule has 29 heavy (non-hydrogen) atoms. The first kappa shape index (κ1) is 20.5. The molecule has 0 aliphatic carbocycles. The second kappa shape index (κ2) is 8.43. The van der Waals surface area contributed by atoms with Gasteiger partial charge in [-0.25, -0.2) is 0 Å². The molecule has 7 heteroatoms. The third kappa shape index (κ3) is 5.40. The normalized spacial score (nSPS) is 13.8. The molecule has 0 spiro atoms. The summed E-state index contributed by atoms with van der Waals surface area (Å²) in [6, 6.07) is 12.5. The lowest BCUT2D eigenvalue weighted by Crippen LogP contribution is -2.27. The van der Waals surface area contributed by atoms with Crippen LogP contribution in [0.15, 0.2) is 42.5 Å². The van der Waals surface area contributed by atoms with Crippen LogP contribution in [0.2, 0.25) is 0 Å². The summed E-state index contributed by atoms with van der Waals surface area (Å²) in [6.45, 7) is 3.88. The van der Waals surface area contributed by atoms with E-state index in [0.29, 0.717) is 22.9 Å². The van der Waals surface area contributed by atoms with E-state index in [0.717, 1.165) is 12.0 Å². The number of ether oxygens (including phenoxy) is 3. The van der Waals surface area contributed by atoms with Crippen LogP contribution in [0.1, 0.15) is 19.4 Å². The third-order valence-electron chi connectivity index (χ3n) is 4.41. The maximum Gasteiger partial charge on any atom is 0.262 e. The van der Waals surface area contributed by atoms with Crippen LogP contribution in [-0.4, -0.2) is 49.6 Å². The van der Waals surface area contributed by atoms with Crippen molar-refractivity contribution >= 4 is 17.5 Å². The molecular weight excluding hydrogens is 372 g/mol. The van der Waals surface area contributed by atoms with Crippen LogP contribution < -0.4 is 19.5 Å². The lowest BCUT2D eigenvalue weighted by atomic mass is 10.0. The van der Waals surface area contributed by atoms with Crippen LogP contribution >= 0.6 is 0 Å². The zero-order chi connectivity index (χ0) is 21.0. The van der Waals surface area contributed by atoms with Gasteiger partial charge in [0, 0.05) is 31.8 Å².